The molecule has 1 unspecified atom stereocenters. The fourth-order valence-corrected chi connectivity index (χ4v) is 5.10. The smallest absolute Gasteiger partial charge is 0.338 e. The number of benzene rings is 3. The van der Waals surface area contributed by atoms with Crippen LogP contribution in [0.3, 0.4) is 0 Å². The number of aliphatic hydroxyl groups is 1. The SMILES string of the molecule is CCOC(=O)c1cccc(N2C(=O)C(=O)/C(=C(\O)c3ccc4c(c3)CCCC4)C2c2ccc(O)cc2)c1. The molecule has 1 heterocycles. The molecular formula is C30H27NO6. The Balaban J connectivity index is 1.66. The van der Waals surface area contributed by atoms with Crippen LogP contribution in [0, 0.1) is 0 Å². The Labute approximate surface area is 214 Å². The van der Waals surface area contributed by atoms with Crippen molar-refractivity contribution < 1.29 is 29.3 Å². The van der Waals surface area contributed by atoms with Crippen LogP contribution in [0.4, 0.5) is 5.69 Å². The van der Waals surface area contributed by atoms with Crippen molar-refractivity contribution in [3.8, 4) is 5.75 Å². The molecule has 0 saturated carbocycles. The van der Waals surface area contributed by atoms with Crippen molar-refractivity contribution >= 4 is 29.1 Å². The van der Waals surface area contributed by atoms with Crippen LogP contribution in [0.5, 0.6) is 5.75 Å². The lowest BCUT2D eigenvalue weighted by molar-refractivity contribution is -0.132. The number of anilines is 1. The van der Waals surface area contributed by atoms with Crippen LogP contribution >= 0.6 is 0 Å². The van der Waals surface area contributed by atoms with Crippen LogP contribution in [0.1, 0.15) is 58.4 Å². The number of aliphatic hydroxyl groups excluding tert-OH is 1. The number of nitrogens with zero attached hydrogens (tertiary/aromatic N) is 1. The third-order valence-electron chi connectivity index (χ3n) is 6.91. The maximum Gasteiger partial charge on any atom is 0.338 e. The van der Waals surface area contributed by atoms with Gasteiger partial charge in [-0.25, -0.2) is 4.79 Å². The number of ketones is 1. The van der Waals surface area contributed by atoms with Gasteiger partial charge in [0.2, 0.25) is 0 Å². The monoisotopic (exact) mass is 497 g/mol. The zero-order valence-electron chi connectivity index (χ0n) is 20.4. The van der Waals surface area contributed by atoms with Gasteiger partial charge in [0.25, 0.3) is 11.7 Å². The van der Waals surface area contributed by atoms with Crippen molar-refractivity contribution in [2.24, 2.45) is 0 Å². The normalized spacial score (nSPS) is 18.5. The molecule has 1 saturated heterocycles. The van der Waals surface area contributed by atoms with Crippen molar-refractivity contribution in [2.75, 3.05) is 11.5 Å². The second-order valence-electron chi connectivity index (χ2n) is 9.22. The van der Waals surface area contributed by atoms with Crippen LogP contribution < -0.4 is 4.90 Å². The average molecular weight is 498 g/mol. The van der Waals surface area contributed by atoms with Gasteiger partial charge in [-0.05, 0) is 85.7 Å². The molecule has 7 heteroatoms. The van der Waals surface area contributed by atoms with Crippen molar-refractivity contribution in [1.29, 1.82) is 0 Å². The first-order valence-electron chi connectivity index (χ1n) is 12.4. The number of carbonyl (C=O) groups is 3. The molecule has 3 aromatic rings. The largest absolute Gasteiger partial charge is 0.508 e. The Morgan fingerprint density at radius 1 is 0.946 bits per heavy atom. The van der Waals surface area contributed by atoms with E-state index in [4.69, 9.17) is 4.74 Å². The number of aromatic hydroxyl groups is 1. The summed E-state index contributed by atoms with van der Waals surface area (Å²) in [5, 5.41) is 21.3. The molecule has 1 fully saturated rings. The first kappa shape index (κ1) is 24.3. The lowest BCUT2D eigenvalue weighted by Crippen LogP contribution is -2.29. The fraction of sp³-hybridized carbons (Fsp3) is 0.233. The zero-order chi connectivity index (χ0) is 26.1. The van der Waals surface area contributed by atoms with Crippen molar-refractivity contribution in [1.82, 2.24) is 0 Å². The van der Waals surface area contributed by atoms with Crippen LogP contribution in [-0.4, -0.2) is 34.5 Å². The van der Waals surface area contributed by atoms with E-state index >= 15 is 0 Å². The van der Waals surface area contributed by atoms with Crippen molar-refractivity contribution in [3.63, 3.8) is 0 Å². The molecule has 2 aliphatic rings. The summed E-state index contributed by atoms with van der Waals surface area (Å²) in [6, 6.07) is 17.1. The number of phenolic OH excluding ortho intramolecular Hbond substituents is 1. The van der Waals surface area contributed by atoms with Crippen LogP contribution in [0.25, 0.3) is 5.76 Å². The van der Waals surface area contributed by atoms with E-state index in [1.54, 1.807) is 43.3 Å². The standard InChI is InChI=1S/C30H27NO6/c1-2-37-30(36)22-8-5-9-23(17-22)31-26(19-12-14-24(32)15-13-19)25(28(34)29(31)35)27(33)21-11-10-18-6-3-4-7-20(18)16-21/h5,8-17,26,32-33H,2-4,6-7H2,1H3/b27-25-. The number of carbonyl (C=O) groups excluding carboxylic acids is 3. The Hall–Kier alpha value is -4.39. The molecule has 188 valence electrons. The highest BCUT2D eigenvalue weighted by atomic mass is 16.5. The second kappa shape index (κ2) is 9.93. The number of aryl methyl sites for hydroxylation is 2. The predicted octanol–water partition coefficient (Wildman–Crippen LogP) is 5.07. The first-order chi connectivity index (χ1) is 17.9. The summed E-state index contributed by atoms with van der Waals surface area (Å²) in [5.74, 6) is -2.42. The average Bonchev–Trinajstić information content (AvgIpc) is 3.18. The van der Waals surface area contributed by atoms with Crippen molar-refractivity contribution in [2.45, 2.75) is 38.6 Å². The summed E-state index contributed by atoms with van der Waals surface area (Å²) in [4.78, 5) is 40.5. The first-order valence-corrected chi connectivity index (χ1v) is 12.4. The lowest BCUT2D eigenvalue weighted by Gasteiger charge is -2.26. The number of Topliss-reactive ketones (excluding diaryl/α,β-unsaturated/α-hetero) is 1. The molecule has 37 heavy (non-hydrogen) atoms. The minimum atomic E-state index is -0.964. The molecule has 5 rings (SSSR count). The van der Waals surface area contributed by atoms with Gasteiger partial charge in [0.1, 0.15) is 11.5 Å². The van der Waals surface area contributed by atoms with Gasteiger partial charge in [-0.2, -0.15) is 0 Å². The number of fused-ring (bicyclic) bond motifs is 1. The number of esters is 1. The maximum absolute atomic E-state index is 13.4. The van der Waals surface area contributed by atoms with E-state index in [0.717, 1.165) is 31.2 Å². The lowest BCUT2D eigenvalue weighted by atomic mass is 9.88. The molecular weight excluding hydrogens is 470 g/mol. The van der Waals surface area contributed by atoms with Crippen LogP contribution in [0.2, 0.25) is 0 Å². The summed E-state index contributed by atoms with van der Waals surface area (Å²) < 4.78 is 5.09. The topological polar surface area (TPSA) is 104 Å². The molecule has 7 nitrogen and oxygen atoms in total. The van der Waals surface area contributed by atoms with Crippen LogP contribution in [-0.2, 0) is 27.2 Å². The second-order valence-corrected chi connectivity index (χ2v) is 9.22. The summed E-state index contributed by atoms with van der Waals surface area (Å²) in [7, 11) is 0. The minimum absolute atomic E-state index is 0.0275. The van der Waals surface area contributed by atoms with E-state index in [1.165, 1.54) is 28.7 Å². The number of phenols is 1. The molecule has 1 atom stereocenters. The highest BCUT2D eigenvalue weighted by Crippen LogP contribution is 2.43. The molecule has 1 amide bonds. The Morgan fingerprint density at radius 2 is 1.68 bits per heavy atom. The quantitative estimate of drug-likeness (QED) is 0.221. The highest BCUT2D eigenvalue weighted by molar-refractivity contribution is 6.51. The number of hydrogen-bond acceptors (Lipinski definition) is 6. The van der Waals surface area contributed by atoms with Gasteiger partial charge in [-0.1, -0.05) is 30.3 Å². The Morgan fingerprint density at radius 3 is 2.41 bits per heavy atom. The van der Waals surface area contributed by atoms with Gasteiger partial charge in [0.15, 0.2) is 0 Å². The molecule has 2 N–H and O–H groups in total. The molecule has 0 bridgehead atoms. The summed E-state index contributed by atoms with van der Waals surface area (Å²) in [6.07, 6.45) is 4.05. The number of ether oxygens (including phenoxy) is 1. The van der Waals surface area contributed by atoms with E-state index in [9.17, 15) is 24.6 Å². The summed E-state index contributed by atoms with van der Waals surface area (Å²) >= 11 is 0. The van der Waals surface area contributed by atoms with E-state index in [2.05, 4.69) is 0 Å². The molecule has 0 spiro atoms. The number of amides is 1. The van der Waals surface area contributed by atoms with E-state index in [-0.39, 0.29) is 29.3 Å². The minimum Gasteiger partial charge on any atom is -0.508 e. The zero-order valence-corrected chi connectivity index (χ0v) is 20.4. The highest BCUT2D eigenvalue weighted by Gasteiger charge is 2.47. The molecule has 1 aliphatic carbocycles. The van der Waals surface area contributed by atoms with Crippen LogP contribution in [0.15, 0.2) is 72.3 Å². The van der Waals surface area contributed by atoms with E-state index in [0.29, 0.717) is 16.8 Å². The summed E-state index contributed by atoms with van der Waals surface area (Å²) in [5.41, 5.74) is 3.87. The van der Waals surface area contributed by atoms with E-state index < -0.39 is 23.7 Å². The summed E-state index contributed by atoms with van der Waals surface area (Å²) in [6.45, 7) is 1.90. The third-order valence-corrected chi connectivity index (χ3v) is 6.91. The van der Waals surface area contributed by atoms with E-state index in [1.807, 2.05) is 12.1 Å². The molecule has 0 radical (unpaired) electrons. The molecule has 3 aromatic carbocycles. The Kier molecular flexibility index (Phi) is 6.53. The van der Waals surface area contributed by atoms with Gasteiger partial charge >= 0.3 is 5.97 Å². The fourth-order valence-electron chi connectivity index (χ4n) is 5.10. The Bertz CT molecular complexity index is 1420. The number of rotatable bonds is 5. The molecule has 1 aliphatic heterocycles. The van der Waals surface area contributed by atoms with Crippen molar-refractivity contribution in [3.05, 3.63) is 100 Å². The van der Waals surface area contributed by atoms with Gasteiger partial charge in [0.05, 0.1) is 23.8 Å². The van der Waals surface area contributed by atoms with Gasteiger partial charge in [-0.15, -0.1) is 0 Å². The molecule has 0 aromatic heterocycles. The predicted molar refractivity (Wildman–Crippen MR) is 138 cm³/mol. The van der Waals surface area contributed by atoms with Gasteiger partial charge in [0, 0.05) is 11.3 Å². The van der Waals surface area contributed by atoms with Gasteiger partial charge in [-0.3, -0.25) is 14.5 Å². The number of hydrogen-bond donors (Lipinski definition) is 2. The van der Waals surface area contributed by atoms with Gasteiger partial charge < -0.3 is 14.9 Å². The third kappa shape index (κ3) is 4.48. The maximum atomic E-state index is 13.4.